The summed E-state index contributed by atoms with van der Waals surface area (Å²) in [6.45, 7) is 0. The lowest BCUT2D eigenvalue weighted by Crippen LogP contribution is -1.92. The first-order valence-corrected chi connectivity index (χ1v) is 4.98. The van der Waals surface area contributed by atoms with Gasteiger partial charge in [0.15, 0.2) is 0 Å². The normalized spacial score (nSPS) is 10.1. The zero-order chi connectivity index (χ0) is 9.97. The Labute approximate surface area is 90.1 Å². The van der Waals surface area contributed by atoms with Crippen molar-refractivity contribution in [3.63, 3.8) is 0 Å². The fourth-order valence-electron chi connectivity index (χ4n) is 1.37. The summed E-state index contributed by atoms with van der Waals surface area (Å²) in [5, 5.41) is 4.88. The lowest BCUT2D eigenvalue weighted by atomic mass is 10.1. The van der Waals surface area contributed by atoms with Crippen LogP contribution in [0.15, 0.2) is 40.9 Å². The van der Waals surface area contributed by atoms with Crippen LogP contribution >= 0.6 is 15.9 Å². The summed E-state index contributed by atoms with van der Waals surface area (Å²) in [5.41, 5.74) is 0.815. The van der Waals surface area contributed by atoms with Crippen molar-refractivity contribution in [2.45, 2.75) is 0 Å². The van der Waals surface area contributed by atoms with Gasteiger partial charge in [0.05, 0.1) is 0 Å². The molecule has 70 valence electrons. The number of nitrogens with one attached hydrogen (secondary N) is 1. The topological polar surface area (TPSA) is 29.1 Å². The summed E-state index contributed by atoms with van der Waals surface area (Å²) in [4.78, 5) is 10.2. The quantitative estimate of drug-likeness (QED) is 0.815. The summed E-state index contributed by atoms with van der Waals surface area (Å²) in [6.07, 6.45) is 0.681. The van der Waals surface area contributed by atoms with Crippen LogP contribution in [0, 0.1) is 0 Å². The number of fused-ring (bicyclic) bond motifs is 1. The van der Waals surface area contributed by atoms with E-state index in [2.05, 4.69) is 21.2 Å². The van der Waals surface area contributed by atoms with Crippen molar-refractivity contribution in [2.75, 3.05) is 5.32 Å². The molecule has 0 atom stereocenters. The van der Waals surface area contributed by atoms with Gasteiger partial charge in [-0.15, -0.1) is 0 Å². The van der Waals surface area contributed by atoms with Gasteiger partial charge in [-0.05, 0) is 35.0 Å². The predicted molar refractivity (Wildman–Crippen MR) is 61.3 cm³/mol. The summed E-state index contributed by atoms with van der Waals surface area (Å²) < 4.78 is 1.06. The fourth-order valence-corrected chi connectivity index (χ4v) is 1.75. The second kappa shape index (κ2) is 3.80. The highest BCUT2D eigenvalue weighted by Gasteiger charge is 1.96. The molecule has 0 unspecified atom stereocenters. The molecule has 2 nitrogen and oxygen atoms in total. The Morgan fingerprint density at radius 1 is 1.07 bits per heavy atom. The third kappa shape index (κ3) is 1.77. The van der Waals surface area contributed by atoms with Gasteiger partial charge in [0.2, 0.25) is 6.41 Å². The van der Waals surface area contributed by atoms with Crippen molar-refractivity contribution >= 4 is 38.8 Å². The van der Waals surface area contributed by atoms with Crippen molar-refractivity contribution in [1.29, 1.82) is 0 Å². The predicted octanol–water partition coefficient (Wildman–Crippen LogP) is 3.17. The summed E-state index contributed by atoms with van der Waals surface area (Å²) >= 11 is 3.41. The van der Waals surface area contributed by atoms with Gasteiger partial charge in [0.1, 0.15) is 0 Å². The molecule has 0 aliphatic heterocycles. The Hall–Kier alpha value is -1.35. The molecule has 0 aliphatic rings. The van der Waals surface area contributed by atoms with Crippen molar-refractivity contribution < 1.29 is 4.79 Å². The van der Waals surface area contributed by atoms with E-state index in [1.54, 1.807) is 0 Å². The van der Waals surface area contributed by atoms with Crippen LogP contribution in [0.25, 0.3) is 10.8 Å². The summed E-state index contributed by atoms with van der Waals surface area (Å²) in [6, 6.07) is 11.8. The number of carbonyl (C=O) groups is 1. The molecule has 0 saturated carbocycles. The molecule has 3 heteroatoms. The fraction of sp³-hybridized carbons (Fsp3) is 0. The number of hydrogen-bond donors (Lipinski definition) is 1. The Balaban J connectivity index is 2.55. The lowest BCUT2D eigenvalue weighted by Gasteiger charge is -2.02. The van der Waals surface area contributed by atoms with E-state index in [9.17, 15) is 4.79 Å². The van der Waals surface area contributed by atoms with Crippen LogP contribution in [0.2, 0.25) is 0 Å². The van der Waals surface area contributed by atoms with Crippen LogP contribution in [0.3, 0.4) is 0 Å². The van der Waals surface area contributed by atoms with Crippen LogP contribution in [0.4, 0.5) is 5.69 Å². The monoisotopic (exact) mass is 249 g/mol. The highest BCUT2D eigenvalue weighted by molar-refractivity contribution is 9.10. The van der Waals surface area contributed by atoms with Crippen molar-refractivity contribution in [2.24, 2.45) is 0 Å². The number of rotatable bonds is 2. The first-order valence-electron chi connectivity index (χ1n) is 4.19. The van der Waals surface area contributed by atoms with Crippen LogP contribution in [-0.2, 0) is 4.79 Å². The highest BCUT2D eigenvalue weighted by atomic mass is 79.9. The van der Waals surface area contributed by atoms with Crippen molar-refractivity contribution in [3.05, 3.63) is 40.9 Å². The molecule has 2 aromatic rings. The van der Waals surface area contributed by atoms with Gasteiger partial charge in [-0.25, -0.2) is 0 Å². The van der Waals surface area contributed by atoms with E-state index in [1.165, 1.54) is 0 Å². The van der Waals surface area contributed by atoms with E-state index in [-0.39, 0.29) is 0 Å². The van der Waals surface area contributed by atoms with Crippen molar-refractivity contribution in [3.8, 4) is 0 Å². The Bertz CT molecular complexity index is 482. The van der Waals surface area contributed by atoms with Gasteiger partial charge in [-0.3, -0.25) is 4.79 Å². The van der Waals surface area contributed by atoms with Gasteiger partial charge < -0.3 is 5.32 Å². The number of anilines is 1. The van der Waals surface area contributed by atoms with Gasteiger partial charge in [0.25, 0.3) is 0 Å². The molecule has 0 aromatic heterocycles. The average Bonchev–Trinajstić information content (AvgIpc) is 2.19. The zero-order valence-electron chi connectivity index (χ0n) is 7.33. The molecule has 0 saturated heterocycles. The van der Waals surface area contributed by atoms with Crippen LogP contribution in [-0.4, -0.2) is 6.41 Å². The molecular weight excluding hydrogens is 242 g/mol. The van der Waals surface area contributed by atoms with E-state index in [0.717, 1.165) is 20.9 Å². The average molecular weight is 250 g/mol. The van der Waals surface area contributed by atoms with Gasteiger partial charge in [0, 0.05) is 10.2 Å². The molecule has 0 aliphatic carbocycles. The minimum atomic E-state index is 0.681. The zero-order valence-corrected chi connectivity index (χ0v) is 8.91. The SMILES string of the molecule is O=CNc1ccc2cc(Br)ccc2c1. The van der Waals surface area contributed by atoms with E-state index < -0.39 is 0 Å². The molecular formula is C11H8BrNO. The number of amides is 1. The third-order valence-electron chi connectivity index (χ3n) is 2.03. The Kier molecular flexibility index (Phi) is 2.50. The number of halogens is 1. The first kappa shape index (κ1) is 9.21. The van der Waals surface area contributed by atoms with Crippen LogP contribution < -0.4 is 5.32 Å². The molecule has 1 amide bonds. The maximum absolute atomic E-state index is 10.2. The number of carbonyl (C=O) groups excluding carboxylic acids is 1. The number of hydrogen-bond acceptors (Lipinski definition) is 1. The largest absolute Gasteiger partial charge is 0.329 e. The van der Waals surface area contributed by atoms with E-state index in [0.29, 0.717) is 6.41 Å². The van der Waals surface area contributed by atoms with Crippen LogP contribution in [0.1, 0.15) is 0 Å². The van der Waals surface area contributed by atoms with Gasteiger partial charge in [-0.1, -0.05) is 28.1 Å². The van der Waals surface area contributed by atoms with Crippen LogP contribution in [0.5, 0.6) is 0 Å². The lowest BCUT2D eigenvalue weighted by molar-refractivity contribution is -0.105. The maximum atomic E-state index is 10.2. The van der Waals surface area contributed by atoms with Gasteiger partial charge in [-0.2, -0.15) is 0 Å². The minimum Gasteiger partial charge on any atom is -0.329 e. The molecule has 2 rings (SSSR count). The Morgan fingerprint density at radius 3 is 2.57 bits per heavy atom. The van der Waals surface area contributed by atoms with E-state index >= 15 is 0 Å². The van der Waals surface area contributed by atoms with E-state index in [1.807, 2.05) is 36.4 Å². The van der Waals surface area contributed by atoms with E-state index in [4.69, 9.17) is 0 Å². The molecule has 0 radical (unpaired) electrons. The highest BCUT2D eigenvalue weighted by Crippen LogP contribution is 2.22. The minimum absolute atomic E-state index is 0.681. The standard InChI is InChI=1S/C11H8BrNO/c12-10-3-1-9-6-11(13-7-14)4-2-8(9)5-10/h1-7H,(H,13,14). The molecule has 0 bridgehead atoms. The second-order valence-corrected chi connectivity index (χ2v) is 3.88. The summed E-state index contributed by atoms with van der Waals surface area (Å²) in [5.74, 6) is 0. The molecule has 0 heterocycles. The number of benzene rings is 2. The van der Waals surface area contributed by atoms with Gasteiger partial charge >= 0.3 is 0 Å². The molecule has 2 aromatic carbocycles. The first-order chi connectivity index (χ1) is 6.79. The molecule has 0 spiro atoms. The molecule has 0 fully saturated rings. The Morgan fingerprint density at radius 2 is 1.79 bits per heavy atom. The molecule has 14 heavy (non-hydrogen) atoms. The maximum Gasteiger partial charge on any atom is 0.211 e. The molecule has 1 N–H and O–H groups in total. The second-order valence-electron chi connectivity index (χ2n) is 2.97. The third-order valence-corrected chi connectivity index (χ3v) is 2.52. The van der Waals surface area contributed by atoms with Crippen molar-refractivity contribution in [1.82, 2.24) is 0 Å². The smallest absolute Gasteiger partial charge is 0.211 e. The summed E-state index contributed by atoms with van der Waals surface area (Å²) in [7, 11) is 0.